The van der Waals surface area contributed by atoms with Crippen LogP contribution in [0.25, 0.3) is 111 Å². The molecule has 12 aromatic rings. The van der Waals surface area contributed by atoms with E-state index in [-0.39, 0.29) is 0 Å². The van der Waals surface area contributed by atoms with E-state index in [1.165, 1.54) is 64.7 Å². The van der Waals surface area contributed by atoms with Gasteiger partial charge in [0, 0.05) is 48.3 Å². The van der Waals surface area contributed by atoms with Crippen molar-refractivity contribution in [3.63, 3.8) is 0 Å². The summed E-state index contributed by atoms with van der Waals surface area (Å²) in [7, 11) is 0. The van der Waals surface area contributed by atoms with Gasteiger partial charge < -0.3 is 0 Å². The van der Waals surface area contributed by atoms with E-state index < -0.39 is 0 Å². The van der Waals surface area contributed by atoms with Crippen LogP contribution in [0.2, 0.25) is 0 Å². The van der Waals surface area contributed by atoms with Crippen molar-refractivity contribution in [3.8, 4) is 67.8 Å². The maximum Gasteiger partial charge on any atom is 0.164 e. The standard InChI is InChI=1S/C57H35N5S/c1-3-14-39(15-4-1)54-58-55(60-56(59-54)41-31-27-38(28-32-41)45-20-11-16-37-13-7-8-19-44(37)45)40-29-25-36(26-30-40)42-33-34-46-49(35-42)61(43-17-5-2-6-18-43)57-52(46)47-21-12-24-51-53(47)62(57)48-22-9-10-23-50(48)63-51/h1-35H. The fourth-order valence-corrected chi connectivity index (χ4v) is 10.5. The topological polar surface area (TPSA) is 48.5 Å². The van der Waals surface area contributed by atoms with Crippen LogP contribution in [0.5, 0.6) is 0 Å². The van der Waals surface area contributed by atoms with Crippen molar-refractivity contribution in [3.05, 3.63) is 212 Å². The Kier molecular flexibility index (Phi) is 8.08. The smallest absolute Gasteiger partial charge is 0.164 e. The maximum absolute atomic E-state index is 5.10. The first kappa shape index (κ1) is 35.7. The highest BCUT2D eigenvalue weighted by molar-refractivity contribution is 7.99. The molecule has 0 saturated heterocycles. The maximum atomic E-state index is 5.10. The molecule has 4 heterocycles. The number of hydrogen-bond donors (Lipinski definition) is 0. The SMILES string of the molecule is c1ccc(-c2nc(-c3ccc(-c4ccc5c6c7cccc8c7n(c6n(-c6ccccc6)c5c4)-c4ccccc4S8)cc3)nc(-c3ccc(-c4cccc5ccccc45)cc3)n2)cc1. The lowest BCUT2D eigenvalue weighted by molar-refractivity contribution is 1.03. The van der Waals surface area contributed by atoms with Crippen LogP contribution in [0, 0.1) is 0 Å². The Morgan fingerprint density at radius 2 is 0.921 bits per heavy atom. The summed E-state index contributed by atoms with van der Waals surface area (Å²) in [5, 5.41) is 6.23. The summed E-state index contributed by atoms with van der Waals surface area (Å²) in [4.78, 5) is 17.7. The minimum atomic E-state index is 0.631. The van der Waals surface area contributed by atoms with Gasteiger partial charge >= 0.3 is 0 Å². The number of fused-ring (bicyclic) bond motifs is 8. The lowest BCUT2D eigenvalue weighted by Gasteiger charge is -2.21. The van der Waals surface area contributed by atoms with Gasteiger partial charge in [0.15, 0.2) is 17.5 Å². The van der Waals surface area contributed by atoms with Crippen LogP contribution in [0.3, 0.4) is 0 Å². The number of hydrogen-bond acceptors (Lipinski definition) is 4. The monoisotopic (exact) mass is 821 g/mol. The Bertz CT molecular complexity index is 3730. The average Bonchev–Trinajstić information content (AvgIpc) is 3.88. The summed E-state index contributed by atoms with van der Waals surface area (Å²) in [6.45, 7) is 0. The minimum absolute atomic E-state index is 0.631. The average molecular weight is 822 g/mol. The molecule has 0 saturated carbocycles. The second-order valence-corrected chi connectivity index (χ2v) is 17.1. The van der Waals surface area contributed by atoms with Crippen LogP contribution in [0.4, 0.5) is 0 Å². The molecule has 3 aromatic heterocycles. The zero-order chi connectivity index (χ0) is 41.4. The normalized spacial score (nSPS) is 12.1. The third kappa shape index (κ3) is 5.76. The molecule has 13 rings (SSSR count). The second kappa shape index (κ2) is 14.3. The van der Waals surface area contributed by atoms with Crippen LogP contribution >= 0.6 is 11.8 Å². The van der Waals surface area contributed by atoms with E-state index in [1.807, 2.05) is 42.1 Å². The van der Waals surface area contributed by atoms with Gasteiger partial charge in [-0.25, -0.2) is 15.0 Å². The molecule has 0 radical (unpaired) electrons. The Balaban J connectivity index is 0.920. The molecule has 0 aliphatic carbocycles. The van der Waals surface area contributed by atoms with Crippen molar-refractivity contribution < 1.29 is 0 Å². The fraction of sp³-hybridized carbons (Fsp3) is 0. The first-order valence-electron chi connectivity index (χ1n) is 21.2. The van der Waals surface area contributed by atoms with Crippen LogP contribution in [-0.4, -0.2) is 24.1 Å². The highest BCUT2D eigenvalue weighted by Crippen LogP contribution is 2.49. The van der Waals surface area contributed by atoms with E-state index in [1.54, 1.807) is 0 Å². The molecular formula is C57H35N5S. The Morgan fingerprint density at radius 1 is 0.365 bits per heavy atom. The van der Waals surface area contributed by atoms with Crippen molar-refractivity contribution in [1.29, 1.82) is 0 Å². The molecule has 0 unspecified atom stereocenters. The molecule has 0 N–H and O–H groups in total. The van der Waals surface area contributed by atoms with Gasteiger partial charge in [-0.1, -0.05) is 188 Å². The van der Waals surface area contributed by atoms with Crippen LogP contribution in [0.15, 0.2) is 222 Å². The van der Waals surface area contributed by atoms with Crippen molar-refractivity contribution in [2.45, 2.75) is 9.79 Å². The lowest BCUT2D eigenvalue weighted by atomic mass is 9.97. The molecule has 294 valence electrons. The van der Waals surface area contributed by atoms with E-state index in [9.17, 15) is 0 Å². The van der Waals surface area contributed by atoms with Gasteiger partial charge in [-0.2, -0.15) is 0 Å². The Morgan fingerprint density at radius 3 is 1.68 bits per heavy atom. The minimum Gasteiger partial charge on any atom is -0.295 e. The molecule has 0 atom stereocenters. The summed E-state index contributed by atoms with van der Waals surface area (Å²) in [6.07, 6.45) is 0. The van der Waals surface area contributed by atoms with Gasteiger partial charge in [0.25, 0.3) is 0 Å². The van der Waals surface area contributed by atoms with Crippen LogP contribution in [0.1, 0.15) is 0 Å². The largest absolute Gasteiger partial charge is 0.295 e. The summed E-state index contributed by atoms with van der Waals surface area (Å²) in [6, 6.07) is 75.5. The molecular weight excluding hydrogens is 787 g/mol. The summed E-state index contributed by atoms with van der Waals surface area (Å²) in [5.41, 5.74) is 13.4. The van der Waals surface area contributed by atoms with Crippen molar-refractivity contribution in [2.75, 3.05) is 0 Å². The fourth-order valence-electron chi connectivity index (χ4n) is 9.43. The second-order valence-electron chi connectivity index (χ2n) is 16.0. The van der Waals surface area contributed by atoms with Gasteiger partial charge in [-0.3, -0.25) is 9.13 Å². The summed E-state index contributed by atoms with van der Waals surface area (Å²) in [5.74, 6) is 1.91. The molecule has 0 fully saturated rings. The number of nitrogens with zero attached hydrogens (tertiary/aromatic N) is 5. The molecule has 1 aliphatic rings. The van der Waals surface area contributed by atoms with Gasteiger partial charge in [0.2, 0.25) is 0 Å². The molecule has 0 amide bonds. The van der Waals surface area contributed by atoms with E-state index in [0.29, 0.717) is 17.5 Å². The molecule has 63 heavy (non-hydrogen) atoms. The van der Waals surface area contributed by atoms with E-state index in [0.717, 1.165) is 39.1 Å². The molecule has 0 spiro atoms. The zero-order valence-corrected chi connectivity index (χ0v) is 34.7. The number of aromatic nitrogens is 5. The third-order valence-electron chi connectivity index (χ3n) is 12.4. The van der Waals surface area contributed by atoms with E-state index >= 15 is 0 Å². The predicted molar refractivity (Wildman–Crippen MR) is 260 cm³/mol. The van der Waals surface area contributed by atoms with Gasteiger partial charge in [-0.15, -0.1) is 0 Å². The van der Waals surface area contributed by atoms with E-state index in [4.69, 9.17) is 15.0 Å². The molecule has 6 heteroatoms. The first-order valence-corrected chi connectivity index (χ1v) is 22.0. The van der Waals surface area contributed by atoms with E-state index in [2.05, 4.69) is 191 Å². The molecule has 9 aromatic carbocycles. The van der Waals surface area contributed by atoms with Crippen LogP contribution < -0.4 is 0 Å². The Labute approximate surface area is 367 Å². The quantitative estimate of drug-likeness (QED) is 0.168. The third-order valence-corrected chi connectivity index (χ3v) is 13.5. The molecule has 1 aliphatic heterocycles. The van der Waals surface area contributed by atoms with Crippen molar-refractivity contribution in [1.82, 2.24) is 24.1 Å². The summed E-state index contributed by atoms with van der Waals surface area (Å²) < 4.78 is 4.94. The van der Waals surface area contributed by atoms with Crippen molar-refractivity contribution in [2.24, 2.45) is 0 Å². The highest BCUT2D eigenvalue weighted by Gasteiger charge is 2.28. The highest BCUT2D eigenvalue weighted by atomic mass is 32.2. The molecule has 5 nitrogen and oxygen atoms in total. The number of benzene rings is 9. The van der Waals surface area contributed by atoms with Gasteiger partial charge in [0.05, 0.1) is 16.7 Å². The van der Waals surface area contributed by atoms with Gasteiger partial charge in [-0.05, 0) is 69.4 Å². The van der Waals surface area contributed by atoms with Crippen molar-refractivity contribution >= 4 is 55.4 Å². The van der Waals surface area contributed by atoms with Crippen LogP contribution in [-0.2, 0) is 0 Å². The molecule has 0 bridgehead atoms. The Hall–Kier alpha value is -8.06. The summed E-state index contributed by atoms with van der Waals surface area (Å²) >= 11 is 1.86. The number of para-hydroxylation sites is 3. The predicted octanol–water partition coefficient (Wildman–Crippen LogP) is 14.9. The number of rotatable bonds is 6. The zero-order valence-electron chi connectivity index (χ0n) is 33.9. The first-order chi connectivity index (χ1) is 31.2. The van der Waals surface area contributed by atoms with Gasteiger partial charge in [0.1, 0.15) is 5.65 Å². The lowest BCUT2D eigenvalue weighted by Crippen LogP contribution is -2.05.